The molecule has 19 heavy (non-hydrogen) atoms. The fraction of sp³-hybridized carbons (Fsp3) is 0.462. The van der Waals surface area contributed by atoms with Gasteiger partial charge in [0.1, 0.15) is 0 Å². The molecule has 1 aromatic carbocycles. The fourth-order valence-corrected chi connectivity index (χ4v) is 2.27. The molecule has 2 rings (SSSR count). The number of hydrogen-bond acceptors (Lipinski definition) is 4. The summed E-state index contributed by atoms with van der Waals surface area (Å²) in [4.78, 5) is 13.6. The van der Waals surface area contributed by atoms with E-state index in [0.717, 1.165) is 5.56 Å². The van der Waals surface area contributed by atoms with Crippen molar-refractivity contribution in [1.82, 2.24) is 4.90 Å². The lowest BCUT2D eigenvalue weighted by Crippen LogP contribution is -2.32. The summed E-state index contributed by atoms with van der Waals surface area (Å²) in [5, 5.41) is 22.2. The van der Waals surface area contributed by atoms with E-state index in [1.165, 1.54) is 0 Å². The van der Waals surface area contributed by atoms with Crippen LogP contribution in [0.3, 0.4) is 0 Å². The van der Waals surface area contributed by atoms with Crippen LogP contribution in [-0.2, 0) is 4.79 Å². The van der Waals surface area contributed by atoms with Crippen LogP contribution in [0.4, 0.5) is 5.69 Å². The van der Waals surface area contributed by atoms with Gasteiger partial charge in [-0.3, -0.25) is 9.69 Å². The minimum Gasteiger partial charge on any atom is -0.389 e. The molecule has 3 N–H and O–H groups in total. The zero-order chi connectivity index (χ0) is 14.0. The number of nitrogens with one attached hydrogen (secondary N) is 1. The standard InChI is InChI=1S/C13H17ClN2O3/c1-8-2-3-9(14)4-10(8)15-13(19)7-16-5-11(17)12(18)6-16/h2-4,11-12,17-18H,5-7H2,1H3,(H,15,19). The molecule has 0 bridgehead atoms. The van der Waals surface area contributed by atoms with Crippen LogP contribution in [0.25, 0.3) is 0 Å². The molecule has 1 aliphatic heterocycles. The number of amides is 1. The van der Waals surface area contributed by atoms with Crippen molar-refractivity contribution < 1.29 is 15.0 Å². The lowest BCUT2D eigenvalue weighted by atomic mass is 10.2. The highest BCUT2D eigenvalue weighted by molar-refractivity contribution is 6.31. The zero-order valence-electron chi connectivity index (χ0n) is 10.6. The second-order valence-corrected chi connectivity index (χ2v) is 5.27. The Morgan fingerprint density at radius 3 is 2.68 bits per heavy atom. The molecule has 0 aromatic heterocycles. The van der Waals surface area contributed by atoms with E-state index in [4.69, 9.17) is 11.6 Å². The first-order chi connectivity index (χ1) is 8.95. The molecule has 0 radical (unpaired) electrons. The Bertz CT molecular complexity index is 471. The van der Waals surface area contributed by atoms with Crippen LogP contribution >= 0.6 is 11.6 Å². The Labute approximate surface area is 116 Å². The molecular weight excluding hydrogens is 268 g/mol. The predicted octanol–water partition coefficient (Wildman–Crippen LogP) is 0.624. The van der Waals surface area contributed by atoms with Gasteiger partial charge in [0.25, 0.3) is 0 Å². The van der Waals surface area contributed by atoms with Crippen LogP contribution in [0.2, 0.25) is 5.02 Å². The van der Waals surface area contributed by atoms with Crippen molar-refractivity contribution in [3.63, 3.8) is 0 Å². The molecule has 0 saturated carbocycles. The molecule has 104 valence electrons. The summed E-state index contributed by atoms with van der Waals surface area (Å²) in [6, 6.07) is 5.30. The first-order valence-corrected chi connectivity index (χ1v) is 6.48. The SMILES string of the molecule is Cc1ccc(Cl)cc1NC(=O)CN1CC(O)C(O)C1. The number of benzene rings is 1. The van der Waals surface area contributed by atoms with E-state index < -0.39 is 12.2 Å². The average Bonchev–Trinajstić information content (AvgIpc) is 2.63. The van der Waals surface area contributed by atoms with Crippen molar-refractivity contribution in [2.75, 3.05) is 25.0 Å². The molecule has 1 heterocycles. The largest absolute Gasteiger partial charge is 0.389 e. The molecule has 6 heteroatoms. The normalized spacial score (nSPS) is 23.6. The minimum absolute atomic E-state index is 0.139. The molecule has 0 spiro atoms. The van der Waals surface area contributed by atoms with Crippen LogP contribution < -0.4 is 5.32 Å². The van der Waals surface area contributed by atoms with Gasteiger partial charge in [-0.2, -0.15) is 0 Å². The first kappa shape index (κ1) is 14.3. The summed E-state index contributed by atoms with van der Waals surface area (Å²) in [5.74, 6) is -0.188. The third-order valence-electron chi connectivity index (χ3n) is 3.18. The predicted molar refractivity (Wildman–Crippen MR) is 73.3 cm³/mol. The van der Waals surface area contributed by atoms with Gasteiger partial charge in [0.2, 0.25) is 5.91 Å². The van der Waals surface area contributed by atoms with E-state index >= 15 is 0 Å². The molecule has 1 aromatic rings. The highest BCUT2D eigenvalue weighted by Gasteiger charge is 2.30. The van der Waals surface area contributed by atoms with Gasteiger partial charge in [-0.25, -0.2) is 0 Å². The quantitative estimate of drug-likeness (QED) is 0.761. The monoisotopic (exact) mass is 284 g/mol. The smallest absolute Gasteiger partial charge is 0.238 e. The molecule has 1 aliphatic rings. The Kier molecular flexibility index (Phi) is 4.42. The number of anilines is 1. The average molecular weight is 285 g/mol. The molecule has 0 aliphatic carbocycles. The van der Waals surface area contributed by atoms with E-state index in [9.17, 15) is 15.0 Å². The van der Waals surface area contributed by atoms with E-state index in [1.54, 1.807) is 17.0 Å². The van der Waals surface area contributed by atoms with Crippen molar-refractivity contribution in [1.29, 1.82) is 0 Å². The molecule has 2 atom stereocenters. The van der Waals surface area contributed by atoms with Gasteiger partial charge in [0.15, 0.2) is 0 Å². The van der Waals surface area contributed by atoms with E-state index in [0.29, 0.717) is 23.8 Å². The number of rotatable bonds is 3. The van der Waals surface area contributed by atoms with Crippen molar-refractivity contribution in [3.05, 3.63) is 28.8 Å². The minimum atomic E-state index is -0.777. The lowest BCUT2D eigenvalue weighted by Gasteiger charge is -2.15. The second kappa shape index (κ2) is 5.88. The molecule has 2 unspecified atom stereocenters. The van der Waals surface area contributed by atoms with Crippen LogP contribution in [0, 0.1) is 6.92 Å². The Balaban J connectivity index is 1.93. The van der Waals surface area contributed by atoms with Crippen molar-refractivity contribution in [3.8, 4) is 0 Å². The fourth-order valence-electron chi connectivity index (χ4n) is 2.10. The highest BCUT2D eigenvalue weighted by atomic mass is 35.5. The summed E-state index contributed by atoms with van der Waals surface area (Å²) in [6.07, 6.45) is -1.55. The van der Waals surface area contributed by atoms with Crippen LogP contribution in [0.5, 0.6) is 0 Å². The number of aliphatic hydroxyl groups is 2. The highest BCUT2D eigenvalue weighted by Crippen LogP contribution is 2.20. The van der Waals surface area contributed by atoms with Crippen molar-refractivity contribution in [2.45, 2.75) is 19.1 Å². The van der Waals surface area contributed by atoms with Gasteiger partial charge in [-0.15, -0.1) is 0 Å². The lowest BCUT2D eigenvalue weighted by molar-refractivity contribution is -0.117. The third kappa shape index (κ3) is 3.67. The maximum atomic E-state index is 11.9. The van der Waals surface area contributed by atoms with Gasteiger partial charge >= 0.3 is 0 Å². The number of carbonyl (C=O) groups excluding carboxylic acids is 1. The van der Waals surface area contributed by atoms with Crippen LogP contribution in [0.1, 0.15) is 5.56 Å². The molecule has 1 amide bonds. The number of nitrogens with zero attached hydrogens (tertiary/aromatic N) is 1. The summed E-state index contributed by atoms with van der Waals surface area (Å²) < 4.78 is 0. The Morgan fingerprint density at radius 2 is 2.05 bits per heavy atom. The van der Waals surface area contributed by atoms with E-state index in [-0.39, 0.29) is 12.5 Å². The maximum Gasteiger partial charge on any atom is 0.238 e. The summed E-state index contributed by atoms with van der Waals surface area (Å²) in [6.45, 7) is 2.64. The van der Waals surface area contributed by atoms with Gasteiger partial charge in [-0.05, 0) is 24.6 Å². The molecule has 5 nitrogen and oxygen atoms in total. The third-order valence-corrected chi connectivity index (χ3v) is 3.41. The number of hydrogen-bond donors (Lipinski definition) is 3. The first-order valence-electron chi connectivity index (χ1n) is 6.10. The topological polar surface area (TPSA) is 72.8 Å². The number of β-amino-alcohol motifs (C(OH)–C–C–N with tert-alkyl or cyclic N) is 2. The number of aliphatic hydroxyl groups excluding tert-OH is 2. The van der Waals surface area contributed by atoms with Crippen LogP contribution in [-0.4, -0.2) is 52.9 Å². The van der Waals surface area contributed by atoms with Gasteiger partial charge in [0, 0.05) is 23.8 Å². The second-order valence-electron chi connectivity index (χ2n) is 4.84. The Morgan fingerprint density at radius 1 is 1.42 bits per heavy atom. The molecule has 1 fully saturated rings. The zero-order valence-corrected chi connectivity index (χ0v) is 11.4. The molecular formula is C13H17ClN2O3. The van der Waals surface area contributed by atoms with E-state index in [2.05, 4.69) is 5.32 Å². The maximum absolute atomic E-state index is 11.9. The number of carbonyl (C=O) groups is 1. The number of aryl methyl sites for hydroxylation is 1. The van der Waals surface area contributed by atoms with Crippen LogP contribution in [0.15, 0.2) is 18.2 Å². The summed E-state index contributed by atoms with van der Waals surface area (Å²) in [7, 11) is 0. The summed E-state index contributed by atoms with van der Waals surface area (Å²) >= 11 is 5.88. The summed E-state index contributed by atoms with van der Waals surface area (Å²) in [5.41, 5.74) is 1.61. The number of halogens is 1. The van der Waals surface area contributed by atoms with Gasteiger partial charge < -0.3 is 15.5 Å². The Hall–Kier alpha value is -1.14. The van der Waals surface area contributed by atoms with Gasteiger partial charge in [-0.1, -0.05) is 17.7 Å². The van der Waals surface area contributed by atoms with Crippen molar-refractivity contribution >= 4 is 23.2 Å². The molecule has 1 saturated heterocycles. The van der Waals surface area contributed by atoms with Gasteiger partial charge in [0.05, 0.1) is 18.8 Å². The van der Waals surface area contributed by atoms with E-state index in [1.807, 2.05) is 13.0 Å². The number of likely N-dealkylation sites (tertiary alicyclic amines) is 1. The van der Waals surface area contributed by atoms with Crippen molar-refractivity contribution in [2.24, 2.45) is 0 Å².